The Hall–Kier alpha value is -6.14. The molecule has 0 fully saturated rings. The van der Waals surface area contributed by atoms with Crippen molar-refractivity contribution in [1.82, 2.24) is 0 Å². The highest BCUT2D eigenvalue weighted by Crippen LogP contribution is 2.61. The van der Waals surface area contributed by atoms with Crippen LogP contribution in [-0.2, 0) is 5.60 Å². The lowest BCUT2D eigenvalue weighted by molar-refractivity contribution is -0.201. The van der Waals surface area contributed by atoms with Crippen LogP contribution in [0.2, 0.25) is 0 Å². The van der Waals surface area contributed by atoms with E-state index in [1.165, 1.54) is 42.5 Å². The zero-order chi connectivity index (χ0) is 37.4. The quantitative estimate of drug-likeness (QED) is 0.0824. The van der Waals surface area contributed by atoms with Gasteiger partial charge in [-0.05, 0) is 63.1 Å². The summed E-state index contributed by atoms with van der Waals surface area (Å²) in [5.74, 6) is -11.1. The van der Waals surface area contributed by atoms with E-state index in [4.69, 9.17) is 9.47 Å². The molecule has 0 spiro atoms. The molecule has 0 saturated heterocycles. The number of allylic oxidation sites excluding steroid dienone is 3. The first-order valence-electron chi connectivity index (χ1n) is 16.5. The van der Waals surface area contributed by atoms with Crippen molar-refractivity contribution in [2.24, 2.45) is 5.92 Å². The molecule has 4 aromatic rings. The van der Waals surface area contributed by atoms with Crippen LogP contribution < -0.4 is 9.47 Å². The Morgan fingerprint density at radius 1 is 0.827 bits per heavy atom. The number of hydrogen-bond donors (Lipinski definition) is 8. The molecule has 0 bridgehead atoms. The number of ether oxygens (including phenoxy) is 2. The maximum Gasteiger partial charge on any atom is 0.318 e. The van der Waals surface area contributed by atoms with Gasteiger partial charge in [-0.25, -0.2) is 0 Å². The smallest absolute Gasteiger partial charge is 0.318 e. The Bertz CT molecular complexity index is 2250. The van der Waals surface area contributed by atoms with Crippen LogP contribution in [0.25, 0.3) is 0 Å². The van der Waals surface area contributed by atoms with Crippen LogP contribution >= 0.6 is 0 Å². The molecule has 7 rings (SSSR count). The summed E-state index contributed by atoms with van der Waals surface area (Å²) in [5.41, 5.74) is -0.891. The van der Waals surface area contributed by atoms with E-state index in [-0.39, 0.29) is 69.6 Å². The third kappa shape index (κ3) is 5.09. The zero-order valence-corrected chi connectivity index (χ0v) is 28.3. The molecule has 3 aliphatic rings. The van der Waals surface area contributed by atoms with Crippen LogP contribution in [0.1, 0.15) is 82.9 Å². The standard InChI is InChI=1S/C40H36O12/c1-18(2)10-11-39-27-9-6-22(43)16-31(27)52-40(39,50)38(49)35-32(51-39)17-30(46)34(37(35)48)26-13-19(3)12-25(23-7-4-20(41)14-28(23)44)33(26)36(47)24-8-5-21(42)15-29(24)45/h4-10,13-17,25-26,33,41-46,48,50H,11-12H2,1-3H3/t25-,26-,33-,39-,40-/m0/s1. The van der Waals surface area contributed by atoms with Gasteiger partial charge >= 0.3 is 5.79 Å². The van der Waals surface area contributed by atoms with Crippen LogP contribution in [-0.4, -0.2) is 58.2 Å². The first kappa shape index (κ1) is 34.3. The molecule has 12 heteroatoms. The second-order valence-electron chi connectivity index (χ2n) is 13.9. The molecule has 5 atom stereocenters. The minimum atomic E-state index is -2.75. The van der Waals surface area contributed by atoms with Crippen molar-refractivity contribution in [2.75, 3.05) is 0 Å². The van der Waals surface area contributed by atoms with E-state index in [1.54, 1.807) is 19.1 Å². The molecule has 4 aromatic carbocycles. The molecule has 0 amide bonds. The molecule has 12 nitrogen and oxygen atoms in total. The van der Waals surface area contributed by atoms with E-state index in [2.05, 4.69) is 0 Å². The van der Waals surface area contributed by atoms with Crippen molar-refractivity contribution < 1.29 is 59.9 Å². The summed E-state index contributed by atoms with van der Waals surface area (Å²) in [6.07, 6.45) is 3.48. The summed E-state index contributed by atoms with van der Waals surface area (Å²) in [6.45, 7) is 5.37. The summed E-state index contributed by atoms with van der Waals surface area (Å²) in [5, 5.41) is 87.8. The molecule has 268 valence electrons. The monoisotopic (exact) mass is 708 g/mol. The number of hydrogen-bond acceptors (Lipinski definition) is 12. The predicted molar refractivity (Wildman–Crippen MR) is 185 cm³/mol. The van der Waals surface area contributed by atoms with Crippen LogP contribution in [0.15, 0.2) is 84.0 Å². The molecule has 8 N–H and O–H groups in total. The molecule has 1 aliphatic carbocycles. The lowest BCUT2D eigenvalue weighted by Crippen LogP contribution is -2.62. The largest absolute Gasteiger partial charge is 0.508 e. The van der Waals surface area contributed by atoms with Gasteiger partial charge in [0.05, 0.1) is 5.56 Å². The molecule has 2 aliphatic heterocycles. The Morgan fingerprint density at radius 3 is 2.15 bits per heavy atom. The van der Waals surface area contributed by atoms with Gasteiger partial charge in [0.25, 0.3) is 0 Å². The predicted octanol–water partition coefficient (Wildman–Crippen LogP) is 6.25. The van der Waals surface area contributed by atoms with E-state index in [1.807, 2.05) is 13.8 Å². The summed E-state index contributed by atoms with van der Waals surface area (Å²) in [6, 6.07) is 12.5. The van der Waals surface area contributed by atoms with Gasteiger partial charge in [-0.2, -0.15) is 0 Å². The van der Waals surface area contributed by atoms with Crippen molar-refractivity contribution in [1.29, 1.82) is 0 Å². The fourth-order valence-corrected chi connectivity index (χ4v) is 7.85. The van der Waals surface area contributed by atoms with E-state index < -0.39 is 63.5 Å². The number of Topliss-reactive ketones (excluding diaryl/α,β-unsaturated/α-hetero) is 2. The number of carbonyl (C=O) groups is 2. The lowest BCUT2D eigenvalue weighted by atomic mass is 9.65. The van der Waals surface area contributed by atoms with Crippen LogP contribution in [0.3, 0.4) is 0 Å². The molecular formula is C40H36O12. The van der Waals surface area contributed by atoms with Gasteiger partial charge in [-0.15, -0.1) is 0 Å². The number of rotatable bonds is 6. The van der Waals surface area contributed by atoms with Gasteiger partial charge < -0.3 is 50.3 Å². The SMILES string of the molecule is CC(C)=CC[C@@]12Oc3cc(O)c([C@H]4C=C(C)C[C@@H](c5ccc(O)cc5O)[C@@H]4C(=O)c4ccc(O)cc4O)c(O)c3C(=O)[C@]1(O)Oc1cc(O)ccc12. The summed E-state index contributed by atoms with van der Waals surface area (Å²) in [4.78, 5) is 29.1. The van der Waals surface area contributed by atoms with Crippen molar-refractivity contribution >= 4 is 11.6 Å². The van der Waals surface area contributed by atoms with Crippen LogP contribution in [0.4, 0.5) is 0 Å². The van der Waals surface area contributed by atoms with Crippen LogP contribution in [0, 0.1) is 5.92 Å². The van der Waals surface area contributed by atoms with Gasteiger partial charge in [0.15, 0.2) is 5.78 Å². The minimum absolute atomic E-state index is 0.0310. The van der Waals surface area contributed by atoms with E-state index in [0.29, 0.717) is 5.57 Å². The van der Waals surface area contributed by atoms with Crippen molar-refractivity contribution in [3.63, 3.8) is 0 Å². The van der Waals surface area contributed by atoms with Gasteiger partial charge in [0.2, 0.25) is 11.4 Å². The first-order valence-corrected chi connectivity index (χ1v) is 16.5. The number of aliphatic hydroxyl groups is 1. The number of phenolic OH excluding ortho intramolecular Hbond substituents is 7. The average molecular weight is 709 g/mol. The molecular weight excluding hydrogens is 672 g/mol. The zero-order valence-electron chi connectivity index (χ0n) is 28.3. The summed E-state index contributed by atoms with van der Waals surface area (Å²) < 4.78 is 12.3. The molecule has 0 saturated carbocycles. The van der Waals surface area contributed by atoms with Gasteiger partial charge in [0, 0.05) is 59.6 Å². The van der Waals surface area contributed by atoms with E-state index in [9.17, 15) is 50.4 Å². The summed E-state index contributed by atoms with van der Waals surface area (Å²) in [7, 11) is 0. The Balaban J connectivity index is 1.43. The molecule has 0 unspecified atom stereocenters. The number of ketones is 2. The topological polar surface area (TPSA) is 214 Å². The first-order chi connectivity index (χ1) is 24.6. The molecule has 2 heterocycles. The second kappa shape index (κ2) is 12.0. The average Bonchev–Trinajstić information content (AvgIpc) is 3.30. The molecule has 0 radical (unpaired) electrons. The van der Waals surface area contributed by atoms with Crippen molar-refractivity contribution in [3.8, 4) is 51.7 Å². The number of carbonyl (C=O) groups excluding carboxylic acids is 2. The maximum atomic E-state index is 14.6. The third-order valence-corrected chi connectivity index (χ3v) is 10.2. The highest BCUT2D eigenvalue weighted by Gasteiger charge is 2.70. The number of aromatic hydroxyl groups is 7. The number of phenols is 7. The van der Waals surface area contributed by atoms with E-state index in [0.717, 1.165) is 23.8 Å². The van der Waals surface area contributed by atoms with E-state index >= 15 is 0 Å². The van der Waals surface area contributed by atoms with Gasteiger partial charge in [-0.3, -0.25) is 9.59 Å². The second-order valence-corrected chi connectivity index (χ2v) is 13.9. The Morgan fingerprint density at radius 2 is 1.48 bits per heavy atom. The fraction of sp³-hybridized carbons (Fsp3) is 0.250. The highest BCUT2D eigenvalue weighted by atomic mass is 16.7. The fourth-order valence-electron chi connectivity index (χ4n) is 7.85. The van der Waals surface area contributed by atoms with Crippen LogP contribution in [0.5, 0.6) is 51.7 Å². The van der Waals surface area contributed by atoms with Crippen molar-refractivity contribution in [2.45, 2.75) is 56.8 Å². The lowest BCUT2D eigenvalue weighted by Gasteiger charge is -2.43. The molecule has 52 heavy (non-hydrogen) atoms. The van der Waals surface area contributed by atoms with Crippen molar-refractivity contribution in [3.05, 3.63) is 112 Å². The van der Waals surface area contributed by atoms with Gasteiger partial charge in [0.1, 0.15) is 57.3 Å². The minimum Gasteiger partial charge on any atom is -0.508 e. The Labute approximate surface area is 297 Å². The number of benzene rings is 4. The highest BCUT2D eigenvalue weighted by molar-refractivity contribution is 6.09. The summed E-state index contributed by atoms with van der Waals surface area (Å²) >= 11 is 0. The van der Waals surface area contributed by atoms with Gasteiger partial charge in [-0.1, -0.05) is 29.4 Å². The third-order valence-electron chi connectivity index (χ3n) is 10.2. The Kier molecular flexibility index (Phi) is 7.91. The maximum absolute atomic E-state index is 14.6. The normalized spacial score (nSPS) is 24.4. The molecule has 0 aromatic heterocycles. The number of fused-ring (bicyclic) bond motifs is 4.